The lowest BCUT2D eigenvalue weighted by atomic mass is 10.0. The fourth-order valence-electron chi connectivity index (χ4n) is 5.01. The van der Waals surface area contributed by atoms with Crippen molar-refractivity contribution in [1.82, 2.24) is 9.55 Å². The van der Waals surface area contributed by atoms with Crippen LogP contribution in [0.5, 0.6) is 0 Å². The summed E-state index contributed by atoms with van der Waals surface area (Å²) in [5, 5.41) is 12.8. The first kappa shape index (κ1) is 18.6. The van der Waals surface area contributed by atoms with Crippen molar-refractivity contribution < 1.29 is 5.11 Å². The second-order valence-electron chi connectivity index (χ2n) is 8.83. The van der Waals surface area contributed by atoms with Crippen molar-refractivity contribution in [2.75, 3.05) is 18.0 Å². The number of benzene rings is 2. The van der Waals surface area contributed by atoms with E-state index >= 15 is 0 Å². The second kappa shape index (κ2) is 7.20. The van der Waals surface area contributed by atoms with E-state index in [-0.39, 0.29) is 23.6 Å². The van der Waals surface area contributed by atoms with Crippen LogP contribution in [0.15, 0.2) is 71.7 Å². The Bertz CT molecular complexity index is 1340. The largest absolute Gasteiger partial charge is 0.393 e. The van der Waals surface area contributed by atoms with Gasteiger partial charge >= 0.3 is 0 Å². The molecular formula is C26H25N3O2. The summed E-state index contributed by atoms with van der Waals surface area (Å²) in [7, 11) is 0. The SMILES string of the molecule is O=c1c2c(N3CCC(O)CC3)cccc2ccn1C1CC1c1ccc2ccccc2n1. The van der Waals surface area contributed by atoms with E-state index in [2.05, 4.69) is 29.2 Å². The molecule has 31 heavy (non-hydrogen) atoms. The first-order valence-corrected chi connectivity index (χ1v) is 11.1. The maximum Gasteiger partial charge on any atom is 0.260 e. The lowest BCUT2D eigenvalue weighted by Crippen LogP contribution is -2.36. The number of piperidine rings is 1. The highest BCUT2D eigenvalue weighted by atomic mass is 16.3. The zero-order chi connectivity index (χ0) is 20.9. The molecule has 1 saturated heterocycles. The van der Waals surface area contributed by atoms with Crippen LogP contribution in [0.2, 0.25) is 0 Å². The van der Waals surface area contributed by atoms with Crippen molar-refractivity contribution >= 4 is 27.4 Å². The Morgan fingerprint density at radius 1 is 0.903 bits per heavy atom. The highest BCUT2D eigenvalue weighted by Crippen LogP contribution is 2.50. The molecule has 3 heterocycles. The Hall–Kier alpha value is -3.18. The fraction of sp³-hybridized carbons (Fsp3) is 0.308. The molecule has 0 spiro atoms. The molecule has 5 nitrogen and oxygen atoms in total. The van der Waals surface area contributed by atoms with Crippen molar-refractivity contribution in [3.8, 4) is 0 Å². The van der Waals surface area contributed by atoms with Crippen LogP contribution in [0, 0.1) is 0 Å². The molecule has 0 bridgehead atoms. The monoisotopic (exact) mass is 411 g/mol. The Balaban J connectivity index is 1.36. The molecule has 2 unspecified atom stereocenters. The normalized spacial score (nSPS) is 21.6. The number of hydrogen-bond donors (Lipinski definition) is 1. The topological polar surface area (TPSA) is 58.4 Å². The van der Waals surface area contributed by atoms with Gasteiger partial charge in [-0.1, -0.05) is 36.4 Å². The summed E-state index contributed by atoms with van der Waals surface area (Å²) in [4.78, 5) is 20.7. The number of fused-ring (bicyclic) bond motifs is 2. The summed E-state index contributed by atoms with van der Waals surface area (Å²) in [6, 6.07) is 20.7. The van der Waals surface area contributed by atoms with Crippen molar-refractivity contribution in [3.63, 3.8) is 0 Å². The molecule has 2 atom stereocenters. The van der Waals surface area contributed by atoms with Gasteiger partial charge in [0.2, 0.25) is 0 Å². The standard InChI is InChI=1S/C26H25N3O2/c30-19-11-13-28(14-12-19)23-7-3-5-18-10-15-29(26(31)25(18)23)24-16-20(24)22-9-8-17-4-1-2-6-21(17)27-22/h1-10,15,19-20,24,30H,11-14,16H2. The first-order chi connectivity index (χ1) is 15.2. The molecule has 0 radical (unpaired) electrons. The molecule has 5 heteroatoms. The lowest BCUT2D eigenvalue weighted by Gasteiger charge is -2.32. The minimum absolute atomic E-state index is 0.0764. The third kappa shape index (κ3) is 3.20. The van der Waals surface area contributed by atoms with E-state index in [1.54, 1.807) is 0 Å². The second-order valence-corrected chi connectivity index (χ2v) is 8.83. The van der Waals surface area contributed by atoms with Gasteiger partial charge in [-0.2, -0.15) is 0 Å². The van der Waals surface area contributed by atoms with Gasteiger partial charge in [-0.3, -0.25) is 9.78 Å². The first-order valence-electron chi connectivity index (χ1n) is 11.1. The summed E-state index contributed by atoms with van der Waals surface area (Å²) >= 11 is 0. The quantitative estimate of drug-likeness (QED) is 0.548. The Morgan fingerprint density at radius 2 is 1.71 bits per heavy atom. The van der Waals surface area contributed by atoms with Gasteiger partial charge in [0.15, 0.2) is 0 Å². The third-order valence-electron chi connectivity index (χ3n) is 6.86. The van der Waals surface area contributed by atoms with E-state index in [0.29, 0.717) is 0 Å². The average Bonchev–Trinajstić information content (AvgIpc) is 3.60. The third-order valence-corrected chi connectivity index (χ3v) is 6.86. The molecule has 0 amide bonds. The minimum atomic E-state index is -0.232. The number of para-hydroxylation sites is 1. The van der Waals surface area contributed by atoms with E-state index in [4.69, 9.17) is 4.98 Å². The predicted molar refractivity (Wildman–Crippen MR) is 124 cm³/mol. The lowest BCUT2D eigenvalue weighted by molar-refractivity contribution is 0.145. The van der Waals surface area contributed by atoms with Crippen LogP contribution in [-0.4, -0.2) is 33.9 Å². The van der Waals surface area contributed by atoms with Crippen molar-refractivity contribution in [2.24, 2.45) is 0 Å². The molecule has 1 aliphatic carbocycles. The number of aliphatic hydroxyl groups excluding tert-OH is 1. The number of hydrogen-bond acceptors (Lipinski definition) is 4. The van der Waals surface area contributed by atoms with Crippen molar-refractivity contribution in [3.05, 3.63) is 82.9 Å². The molecule has 2 aromatic heterocycles. The van der Waals surface area contributed by atoms with E-state index in [0.717, 1.165) is 65.4 Å². The Morgan fingerprint density at radius 3 is 2.58 bits per heavy atom. The summed E-state index contributed by atoms with van der Waals surface area (Å²) in [6.07, 6.45) is 4.14. The number of aromatic nitrogens is 2. The molecule has 4 aromatic rings. The predicted octanol–water partition coefficient (Wildman–Crippen LogP) is 4.24. The molecule has 1 saturated carbocycles. The van der Waals surface area contributed by atoms with E-state index in [1.807, 2.05) is 47.2 Å². The van der Waals surface area contributed by atoms with Gasteiger partial charge in [-0.15, -0.1) is 0 Å². The van der Waals surface area contributed by atoms with Crippen LogP contribution in [-0.2, 0) is 0 Å². The van der Waals surface area contributed by atoms with E-state index in [1.165, 1.54) is 0 Å². The van der Waals surface area contributed by atoms with Crippen LogP contribution in [0.4, 0.5) is 5.69 Å². The van der Waals surface area contributed by atoms with Crippen molar-refractivity contribution in [2.45, 2.75) is 37.3 Å². The van der Waals surface area contributed by atoms with Crippen LogP contribution in [0.25, 0.3) is 21.7 Å². The highest BCUT2D eigenvalue weighted by Gasteiger charge is 2.41. The number of rotatable bonds is 3. The maximum absolute atomic E-state index is 13.6. The van der Waals surface area contributed by atoms with Gasteiger partial charge in [0, 0.05) is 42.3 Å². The zero-order valence-corrected chi connectivity index (χ0v) is 17.3. The van der Waals surface area contributed by atoms with E-state index in [9.17, 15) is 9.90 Å². The number of pyridine rings is 2. The number of aliphatic hydroxyl groups is 1. The van der Waals surface area contributed by atoms with Crippen LogP contribution < -0.4 is 10.5 Å². The molecule has 1 aliphatic heterocycles. The Labute approximate surface area is 180 Å². The minimum Gasteiger partial charge on any atom is -0.393 e. The number of anilines is 1. The summed E-state index contributed by atoms with van der Waals surface area (Å²) in [6.45, 7) is 1.56. The molecular weight excluding hydrogens is 386 g/mol. The molecule has 1 N–H and O–H groups in total. The van der Waals surface area contributed by atoms with Crippen LogP contribution in [0.1, 0.15) is 36.9 Å². The van der Waals surface area contributed by atoms with Crippen LogP contribution >= 0.6 is 0 Å². The number of nitrogens with zero attached hydrogens (tertiary/aromatic N) is 3. The van der Waals surface area contributed by atoms with Gasteiger partial charge in [0.25, 0.3) is 5.56 Å². The van der Waals surface area contributed by atoms with Gasteiger partial charge < -0.3 is 14.6 Å². The summed E-state index contributed by atoms with van der Waals surface area (Å²) in [5.41, 5.74) is 3.14. The van der Waals surface area contributed by atoms with Gasteiger partial charge in [-0.25, -0.2) is 0 Å². The summed E-state index contributed by atoms with van der Waals surface area (Å²) < 4.78 is 1.91. The molecule has 156 valence electrons. The van der Waals surface area contributed by atoms with Crippen LogP contribution in [0.3, 0.4) is 0 Å². The van der Waals surface area contributed by atoms with Gasteiger partial charge in [0.1, 0.15) is 0 Å². The zero-order valence-electron chi connectivity index (χ0n) is 17.3. The molecule has 2 aromatic carbocycles. The Kier molecular flexibility index (Phi) is 4.32. The molecule has 2 aliphatic rings. The smallest absolute Gasteiger partial charge is 0.260 e. The van der Waals surface area contributed by atoms with Gasteiger partial charge in [-0.05, 0) is 48.9 Å². The molecule has 2 fully saturated rings. The maximum atomic E-state index is 13.6. The summed E-state index contributed by atoms with van der Waals surface area (Å²) in [5.74, 6) is 0.275. The van der Waals surface area contributed by atoms with Crippen molar-refractivity contribution in [1.29, 1.82) is 0 Å². The fourth-order valence-corrected chi connectivity index (χ4v) is 5.01. The van der Waals surface area contributed by atoms with Gasteiger partial charge in [0.05, 0.1) is 22.7 Å². The highest BCUT2D eigenvalue weighted by molar-refractivity contribution is 5.93. The van der Waals surface area contributed by atoms with E-state index < -0.39 is 0 Å². The average molecular weight is 412 g/mol. The molecule has 6 rings (SSSR count).